The van der Waals surface area contributed by atoms with Crippen molar-refractivity contribution in [3.05, 3.63) is 15.6 Å². The normalized spacial score (nSPS) is 26.8. The summed E-state index contributed by atoms with van der Waals surface area (Å²) in [5.74, 6) is 0. The van der Waals surface area contributed by atoms with Crippen LogP contribution in [0.4, 0.5) is 0 Å². The minimum Gasteiger partial charge on any atom is -0.383 e. The highest BCUT2D eigenvalue weighted by Crippen LogP contribution is 2.34. The maximum Gasteiger partial charge on any atom is 0.0900 e. The van der Waals surface area contributed by atoms with E-state index >= 15 is 0 Å². The molecule has 0 unspecified atom stereocenters. The first kappa shape index (κ1) is 15.4. The number of ether oxygens (including phenoxy) is 1. The second kappa shape index (κ2) is 7.18. The predicted molar refractivity (Wildman–Crippen MR) is 87.0 cm³/mol. The molecule has 0 aromatic carbocycles. The summed E-state index contributed by atoms with van der Waals surface area (Å²) in [7, 11) is 1.79. The van der Waals surface area contributed by atoms with Gasteiger partial charge in [-0.3, -0.25) is 4.90 Å². The van der Waals surface area contributed by atoms with E-state index in [4.69, 9.17) is 9.72 Å². The Kier molecular flexibility index (Phi) is 5.27. The fraction of sp³-hybridized carbons (Fsp3) is 0.812. The number of hydrogen-bond donors (Lipinski definition) is 1. The molecule has 0 saturated carbocycles. The maximum atomic E-state index is 5.21. The summed E-state index contributed by atoms with van der Waals surface area (Å²) in [4.78, 5) is 8.74. The van der Waals surface area contributed by atoms with E-state index in [-0.39, 0.29) is 0 Å². The number of rotatable bonds is 5. The van der Waals surface area contributed by atoms with Crippen LogP contribution in [0.2, 0.25) is 0 Å². The van der Waals surface area contributed by atoms with Crippen LogP contribution in [-0.2, 0) is 11.2 Å². The lowest BCUT2D eigenvalue weighted by Gasteiger charge is -2.36. The molecule has 0 spiro atoms. The second-order valence-electron chi connectivity index (χ2n) is 6.29. The fourth-order valence-electron chi connectivity index (χ4n) is 3.60. The number of thiazole rings is 1. The molecule has 21 heavy (non-hydrogen) atoms. The summed E-state index contributed by atoms with van der Waals surface area (Å²) in [5, 5.41) is 5.14. The number of nitrogens with zero attached hydrogens (tertiary/aromatic N) is 2. The average molecular weight is 309 g/mol. The zero-order chi connectivity index (χ0) is 14.7. The first-order valence-corrected chi connectivity index (χ1v) is 9.01. The Bertz CT molecular complexity index is 462. The number of hydrogen-bond acceptors (Lipinski definition) is 5. The van der Waals surface area contributed by atoms with Crippen molar-refractivity contribution < 1.29 is 4.74 Å². The molecule has 1 saturated heterocycles. The van der Waals surface area contributed by atoms with E-state index in [1.807, 2.05) is 11.3 Å². The van der Waals surface area contributed by atoms with Crippen molar-refractivity contribution in [1.29, 1.82) is 0 Å². The van der Waals surface area contributed by atoms with Crippen LogP contribution in [0.5, 0.6) is 0 Å². The van der Waals surface area contributed by atoms with Gasteiger partial charge in [-0.05, 0) is 45.6 Å². The first-order valence-electron chi connectivity index (χ1n) is 8.20. The van der Waals surface area contributed by atoms with Crippen molar-refractivity contribution in [1.82, 2.24) is 15.2 Å². The Morgan fingerprint density at radius 1 is 1.38 bits per heavy atom. The maximum absolute atomic E-state index is 5.21. The molecule has 3 rings (SSSR count). The number of nitrogens with one attached hydrogen (secondary N) is 1. The second-order valence-corrected chi connectivity index (χ2v) is 7.52. The lowest BCUT2D eigenvalue weighted by molar-refractivity contribution is 0.119. The zero-order valence-electron chi connectivity index (χ0n) is 13.2. The van der Waals surface area contributed by atoms with Crippen LogP contribution in [0, 0.1) is 6.92 Å². The molecule has 1 fully saturated rings. The van der Waals surface area contributed by atoms with Crippen LogP contribution in [-0.4, -0.2) is 49.3 Å². The lowest BCUT2D eigenvalue weighted by atomic mass is 9.96. The third-order valence-electron chi connectivity index (χ3n) is 4.61. The summed E-state index contributed by atoms with van der Waals surface area (Å²) in [5.41, 5.74) is 1.35. The van der Waals surface area contributed by atoms with E-state index in [9.17, 15) is 0 Å². The molecule has 0 radical (unpaired) electrons. The largest absolute Gasteiger partial charge is 0.383 e. The molecule has 1 aromatic heterocycles. The topological polar surface area (TPSA) is 37.4 Å². The first-order chi connectivity index (χ1) is 10.3. The lowest BCUT2D eigenvalue weighted by Crippen LogP contribution is -2.47. The Balaban J connectivity index is 1.59. The SMILES string of the molecule is COCCN1CCC[C@H](N[C@H]2CCCc3nc(C)sc32)C1. The van der Waals surface area contributed by atoms with Gasteiger partial charge in [0, 0.05) is 37.2 Å². The average Bonchev–Trinajstić information content (AvgIpc) is 2.87. The molecule has 1 aliphatic carbocycles. The van der Waals surface area contributed by atoms with Gasteiger partial charge in [-0.25, -0.2) is 4.98 Å². The van der Waals surface area contributed by atoms with Gasteiger partial charge >= 0.3 is 0 Å². The highest BCUT2D eigenvalue weighted by molar-refractivity contribution is 7.11. The van der Waals surface area contributed by atoms with E-state index in [0.29, 0.717) is 12.1 Å². The summed E-state index contributed by atoms with van der Waals surface area (Å²) < 4.78 is 5.21. The van der Waals surface area contributed by atoms with Crippen molar-refractivity contribution in [2.24, 2.45) is 0 Å². The van der Waals surface area contributed by atoms with Crippen LogP contribution in [0.3, 0.4) is 0 Å². The smallest absolute Gasteiger partial charge is 0.0900 e. The molecular formula is C16H27N3OS. The minimum absolute atomic E-state index is 0.535. The summed E-state index contributed by atoms with van der Waals surface area (Å²) >= 11 is 1.89. The van der Waals surface area contributed by atoms with Crippen molar-refractivity contribution in [2.75, 3.05) is 33.4 Å². The van der Waals surface area contributed by atoms with Gasteiger partial charge in [-0.2, -0.15) is 0 Å². The van der Waals surface area contributed by atoms with Gasteiger partial charge in [0.2, 0.25) is 0 Å². The van der Waals surface area contributed by atoms with Crippen LogP contribution >= 0.6 is 11.3 Å². The number of fused-ring (bicyclic) bond motifs is 1. The zero-order valence-corrected chi connectivity index (χ0v) is 14.0. The Morgan fingerprint density at radius 2 is 2.29 bits per heavy atom. The highest BCUT2D eigenvalue weighted by Gasteiger charge is 2.27. The van der Waals surface area contributed by atoms with Crippen molar-refractivity contribution in [3.8, 4) is 0 Å². The van der Waals surface area contributed by atoms with E-state index in [2.05, 4.69) is 17.1 Å². The molecule has 2 atom stereocenters. The minimum atomic E-state index is 0.535. The fourth-order valence-corrected chi connectivity index (χ4v) is 4.67. The van der Waals surface area contributed by atoms with E-state index < -0.39 is 0 Å². The van der Waals surface area contributed by atoms with E-state index in [1.165, 1.54) is 54.2 Å². The van der Waals surface area contributed by atoms with Gasteiger partial charge in [0.25, 0.3) is 0 Å². The van der Waals surface area contributed by atoms with Gasteiger partial charge < -0.3 is 10.1 Å². The molecule has 1 aliphatic heterocycles. The van der Waals surface area contributed by atoms with E-state index in [1.54, 1.807) is 7.11 Å². The third kappa shape index (κ3) is 3.83. The quantitative estimate of drug-likeness (QED) is 0.907. The number of likely N-dealkylation sites (tertiary alicyclic amines) is 1. The number of aromatic nitrogens is 1. The molecule has 0 amide bonds. The Hall–Kier alpha value is -0.490. The summed E-state index contributed by atoms with van der Waals surface area (Å²) in [6.07, 6.45) is 6.30. The molecule has 5 heteroatoms. The van der Waals surface area contributed by atoms with Crippen LogP contribution < -0.4 is 5.32 Å². The van der Waals surface area contributed by atoms with Crippen LogP contribution in [0.25, 0.3) is 0 Å². The van der Waals surface area contributed by atoms with Crippen molar-refractivity contribution in [2.45, 2.75) is 51.1 Å². The molecule has 2 aliphatic rings. The molecule has 0 bridgehead atoms. The van der Waals surface area contributed by atoms with Crippen LogP contribution in [0.15, 0.2) is 0 Å². The summed E-state index contributed by atoms with van der Waals surface area (Å²) in [6, 6.07) is 1.15. The number of aryl methyl sites for hydroxylation is 2. The molecule has 118 valence electrons. The molecule has 2 heterocycles. The molecular weight excluding hydrogens is 282 g/mol. The molecule has 1 N–H and O–H groups in total. The van der Waals surface area contributed by atoms with Gasteiger partial charge in [-0.1, -0.05) is 0 Å². The molecule has 1 aromatic rings. The highest BCUT2D eigenvalue weighted by atomic mass is 32.1. The van der Waals surface area contributed by atoms with Gasteiger partial charge in [0.05, 0.1) is 17.3 Å². The van der Waals surface area contributed by atoms with Crippen molar-refractivity contribution in [3.63, 3.8) is 0 Å². The standard InChI is InChI=1S/C16H27N3OS/c1-12-17-14-6-3-7-15(16(14)21-12)18-13-5-4-8-19(11-13)9-10-20-2/h13,15,18H,3-11H2,1-2H3/t13-,15-/m0/s1. The van der Waals surface area contributed by atoms with Gasteiger partial charge in [-0.15, -0.1) is 11.3 Å². The van der Waals surface area contributed by atoms with E-state index in [0.717, 1.165) is 19.7 Å². The number of piperidine rings is 1. The Labute approximate surface area is 131 Å². The number of methoxy groups -OCH3 is 1. The van der Waals surface area contributed by atoms with Gasteiger partial charge in [0.1, 0.15) is 0 Å². The van der Waals surface area contributed by atoms with Gasteiger partial charge in [0.15, 0.2) is 0 Å². The van der Waals surface area contributed by atoms with Crippen molar-refractivity contribution >= 4 is 11.3 Å². The molecule has 4 nitrogen and oxygen atoms in total. The monoisotopic (exact) mass is 309 g/mol. The van der Waals surface area contributed by atoms with Crippen LogP contribution in [0.1, 0.15) is 47.3 Å². The summed E-state index contributed by atoms with van der Waals surface area (Å²) in [6.45, 7) is 6.41. The predicted octanol–water partition coefficient (Wildman–Crippen LogP) is 2.53. The Morgan fingerprint density at radius 3 is 3.14 bits per heavy atom. The third-order valence-corrected chi connectivity index (χ3v) is 5.74.